The summed E-state index contributed by atoms with van der Waals surface area (Å²) in [6.45, 7) is 7.95. The molecule has 0 unspecified atom stereocenters. The molecule has 11 heteroatoms. The van der Waals surface area contributed by atoms with Gasteiger partial charge < -0.3 is 4.90 Å². The lowest BCUT2D eigenvalue weighted by molar-refractivity contribution is 0.201. The molecule has 3 rings (SSSR count). The summed E-state index contributed by atoms with van der Waals surface area (Å²) >= 11 is 0. The minimum absolute atomic E-state index is 0.0609. The second kappa shape index (κ2) is 6.48. The molecule has 3 heterocycles. The van der Waals surface area contributed by atoms with Crippen LogP contribution in [0.4, 0.5) is 4.79 Å². The monoisotopic (exact) mass is 377 g/mol. The van der Waals surface area contributed by atoms with E-state index in [0.29, 0.717) is 18.8 Å². The number of hydrogen-bond donors (Lipinski definition) is 0. The highest BCUT2D eigenvalue weighted by Gasteiger charge is 2.31. The van der Waals surface area contributed by atoms with Gasteiger partial charge >= 0.3 is 6.03 Å². The quantitative estimate of drug-likeness (QED) is 0.668. The van der Waals surface area contributed by atoms with E-state index in [1.807, 2.05) is 13.8 Å². The smallest absolute Gasteiger partial charge is 0.323 e. The van der Waals surface area contributed by atoms with Crippen molar-refractivity contribution < 1.29 is 13.2 Å². The Hall–Kier alpha value is -2.82. The fraction of sp³-hybridized carbons (Fsp3) is 0.400. The van der Waals surface area contributed by atoms with Crippen LogP contribution in [0.3, 0.4) is 0 Å². The predicted molar refractivity (Wildman–Crippen MR) is 91.6 cm³/mol. The van der Waals surface area contributed by atoms with Crippen molar-refractivity contribution in [2.75, 3.05) is 13.1 Å². The second-order valence-corrected chi connectivity index (χ2v) is 7.46. The van der Waals surface area contributed by atoms with E-state index in [4.69, 9.17) is 0 Å². The summed E-state index contributed by atoms with van der Waals surface area (Å²) in [7, 11) is -4.08. The van der Waals surface area contributed by atoms with E-state index < -0.39 is 21.0 Å². The van der Waals surface area contributed by atoms with Crippen LogP contribution >= 0.6 is 0 Å². The highest BCUT2D eigenvalue weighted by molar-refractivity contribution is 7.91. The molecule has 0 N–H and O–H groups in total. The van der Waals surface area contributed by atoms with Crippen molar-refractivity contribution in [2.24, 2.45) is 0 Å². The molecule has 0 aliphatic rings. The van der Waals surface area contributed by atoms with E-state index in [1.54, 1.807) is 26.1 Å². The van der Waals surface area contributed by atoms with Gasteiger partial charge in [-0.2, -0.15) is 9.78 Å². The molecular weight excluding hydrogens is 358 g/mol. The normalized spacial score (nSPS) is 11.8. The fourth-order valence-electron chi connectivity index (χ4n) is 2.62. The average molecular weight is 377 g/mol. The van der Waals surface area contributed by atoms with Crippen molar-refractivity contribution in [1.29, 1.82) is 0 Å². The zero-order valence-electron chi connectivity index (χ0n) is 14.9. The van der Waals surface area contributed by atoms with Crippen molar-refractivity contribution in [3.05, 3.63) is 30.0 Å². The molecule has 138 valence electrons. The highest BCUT2D eigenvalue weighted by Crippen LogP contribution is 2.25. The summed E-state index contributed by atoms with van der Waals surface area (Å²) in [6, 6.07) is 1.29. The first-order chi connectivity index (χ1) is 12.3. The molecule has 0 spiro atoms. The zero-order chi connectivity index (χ0) is 19.1. The van der Waals surface area contributed by atoms with Crippen LogP contribution in [0.2, 0.25) is 0 Å². The molecule has 0 radical (unpaired) electrons. The summed E-state index contributed by atoms with van der Waals surface area (Å²) in [5.74, 6) is 0. The maximum absolute atomic E-state index is 13.0. The second-order valence-electron chi connectivity index (χ2n) is 5.68. The topological polar surface area (TPSA) is 115 Å². The molecule has 26 heavy (non-hydrogen) atoms. The standard InChI is InChI=1S/C15H19N7O3S/c1-5-20(6-2)15(23)22-9-16-14(19-22)26(24,25)12-11(4)18-21-8-7-10(3)17-13(12)21/h7-9H,5-6H2,1-4H3. The lowest BCUT2D eigenvalue weighted by Crippen LogP contribution is -2.34. The number of nitrogens with zero attached hydrogens (tertiary/aromatic N) is 7. The van der Waals surface area contributed by atoms with Gasteiger partial charge in [0, 0.05) is 25.0 Å². The summed E-state index contributed by atoms with van der Waals surface area (Å²) in [5, 5.41) is 7.61. The molecule has 0 aromatic carbocycles. The van der Waals surface area contributed by atoms with E-state index in [9.17, 15) is 13.2 Å². The first-order valence-corrected chi connectivity index (χ1v) is 9.56. The molecule has 0 aliphatic carbocycles. The molecule has 0 bridgehead atoms. The molecule has 0 fully saturated rings. The molecule has 0 aliphatic heterocycles. The molecule has 0 saturated heterocycles. The van der Waals surface area contributed by atoms with Crippen molar-refractivity contribution in [1.82, 2.24) is 34.3 Å². The van der Waals surface area contributed by atoms with E-state index in [2.05, 4.69) is 20.2 Å². The van der Waals surface area contributed by atoms with Gasteiger partial charge in [-0.1, -0.05) is 0 Å². The fourth-order valence-corrected chi connectivity index (χ4v) is 3.99. The van der Waals surface area contributed by atoms with Gasteiger partial charge in [-0.15, -0.1) is 5.10 Å². The Morgan fingerprint density at radius 3 is 2.54 bits per heavy atom. The molecule has 10 nitrogen and oxygen atoms in total. The minimum Gasteiger partial charge on any atom is -0.323 e. The molecule has 3 aromatic rings. The SMILES string of the molecule is CCN(CC)C(=O)n1cnc(S(=O)(=O)c2c(C)nn3ccc(C)nc23)n1. The summed E-state index contributed by atoms with van der Waals surface area (Å²) in [4.78, 5) is 21.9. The lowest BCUT2D eigenvalue weighted by Gasteiger charge is -2.17. The number of aromatic nitrogens is 6. The predicted octanol–water partition coefficient (Wildman–Crippen LogP) is 1.08. The Bertz CT molecular complexity index is 1080. The lowest BCUT2D eigenvalue weighted by atomic mass is 10.4. The van der Waals surface area contributed by atoms with Gasteiger partial charge in [0.2, 0.25) is 9.84 Å². The van der Waals surface area contributed by atoms with Crippen LogP contribution in [0, 0.1) is 13.8 Å². The maximum atomic E-state index is 13.0. The van der Waals surface area contributed by atoms with Crippen LogP contribution in [-0.4, -0.2) is 61.8 Å². The number of carbonyl (C=O) groups is 1. The third-order valence-electron chi connectivity index (χ3n) is 3.96. The van der Waals surface area contributed by atoms with E-state index >= 15 is 0 Å². The first kappa shape index (κ1) is 18.0. The Balaban J connectivity index is 2.09. The number of sulfone groups is 1. The van der Waals surface area contributed by atoms with Crippen molar-refractivity contribution in [3.63, 3.8) is 0 Å². The summed E-state index contributed by atoms with van der Waals surface area (Å²) in [6.07, 6.45) is 2.74. The van der Waals surface area contributed by atoms with Gasteiger partial charge in [0.05, 0.1) is 5.69 Å². The van der Waals surface area contributed by atoms with E-state index in [1.165, 1.54) is 9.42 Å². The average Bonchev–Trinajstić information content (AvgIpc) is 3.20. The van der Waals surface area contributed by atoms with Crippen molar-refractivity contribution in [2.45, 2.75) is 37.7 Å². The van der Waals surface area contributed by atoms with Crippen LogP contribution in [0.15, 0.2) is 28.6 Å². The Labute approximate surface area is 150 Å². The first-order valence-electron chi connectivity index (χ1n) is 8.08. The van der Waals surface area contributed by atoms with E-state index in [-0.39, 0.29) is 16.2 Å². The summed E-state index contributed by atoms with van der Waals surface area (Å²) < 4.78 is 28.4. The summed E-state index contributed by atoms with van der Waals surface area (Å²) in [5.41, 5.74) is 1.15. The van der Waals surface area contributed by atoms with Crippen LogP contribution in [0.1, 0.15) is 25.2 Å². The highest BCUT2D eigenvalue weighted by atomic mass is 32.2. The number of carbonyl (C=O) groups excluding carboxylic acids is 1. The van der Waals surface area contributed by atoms with Crippen LogP contribution in [-0.2, 0) is 9.84 Å². The number of rotatable bonds is 4. The molecule has 1 amide bonds. The number of hydrogen-bond acceptors (Lipinski definition) is 7. The molecule has 3 aromatic heterocycles. The minimum atomic E-state index is -4.08. The number of aryl methyl sites for hydroxylation is 2. The van der Waals surface area contributed by atoms with Crippen molar-refractivity contribution >= 4 is 21.5 Å². The largest absolute Gasteiger partial charge is 0.346 e. The van der Waals surface area contributed by atoms with Crippen LogP contribution in [0.5, 0.6) is 0 Å². The Morgan fingerprint density at radius 1 is 1.19 bits per heavy atom. The third-order valence-corrected chi connectivity index (χ3v) is 5.64. The van der Waals surface area contributed by atoms with Gasteiger partial charge in [0.25, 0.3) is 5.16 Å². The maximum Gasteiger partial charge on any atom is 0.346 e. The van der Waals surface area contributed by atoms with Crippen LogP contribution < -0.4 is 0 Å². The van der Waals surface area contributed by atoms with Gasteiger partial charge in [-0.25, -0.2) is 27.7 Å². The van der Waals surface area contributed by atoms with Gasteiger partial charge in [0.15, 0.2) is 5.65 Å². The zero-order valence-corrected chi connectivity index (χ0v) is 15.7. The third kappa shape index (κ3) is 2.83. The van der Waals surface area contributed by atoms with Gasteiger partial charge in [-0.3, -0.25) is 0 Å². The van der Waals surface area contributed by atoms with Crippen molar-refractivity contribution in [3.8, 4) is 0 Å². The molecule has 0 saturated carbocycles. The Morgan fingerprint density at radius 2 is 1.88 bits per heavy atom. The molecule has 0 atom stereocenters. The molecular formula is C15H19N7O3S. The number of fused-ring (bicyclic) bond motifs is 1. The Kier molecular flexibility index (Phi) is 4.48. The number of amides is 1. The van der Waals surface area contributed by atoms with Gasteiger partial charge in [0.1, 0.15) is 11.2 Å². The van der Waals surface area contributed by atoms with Crippen LogP contribution in [0.25, 0.3) is 5.65 Å². The van der Waals surface area contributed by atoms with E-state index in [0.717, 1.165) is 11.0 Å². The van der Waals surface area contributed by atoms with Gasteiger partial charge in [-0.05, 0) is 33.8 Å².